The lowest BCUT2D eigenvalue weighted by Gasteiger charge is -2.19. The van der Waals surface area contributed by atoms with Crippen LogP contribution < -0.4 is 5.32 Å². The Balaban J connectivity index is 2.29. The number of halogens is 3. The van der Waals surface area contributed by atoms with Crippen molar-refractivity contribution >= 4 is 11.9 Å². The summed E-state index contributed by atoms with van der Waals surface area (Å²) in [6.07, 6.45) is 1.66. The maximum absolute atomic E-state index is 14.0. The predicted molar refractivity (Wildman–Crippen MR) is 77.4 cm³/mol. The van der Waals surface area contributed by atoms with Crippen LogP contribution in [0.1, 0.15) is 28.4 Å². The number of amides is 1. The molecule has 5 nitrogen and oxygen atoms in total. The number of carbonyl (C=O) groups is 2. The second kappa shape index (κ2) is 7.58. The number of nitrogens with one attached hydrogen (secondary N) is 1. The summed E-state index contributed by atoms with van der Waals surface area (Å²) in [5, 5.41) is 2.39. The summed E-state index contributed by atoms with van der Waals surface area (Å²) >= 11 is 0. The molecular formula is C16H13F3N2O3. The highest BCUT2D eigenvalue weighted by atomic mass is 19.1. The Labute approximate surface area is 135 Å². The van der Waals surface area contributed by atoms with Gasteiger partial charge in [-0.3, -0.25) is 14.6 Å². The number of pyridine rings is 1. The monoisotopic (exact) mass is 338 g/mol. The zero-order valence-corrected chi connectivity index (χ0v) is 12.6. The number of carbonyl (C=O) groups excluding carboxylic acids is 2. The van der Waals surface area contributed by atoms with Gasteiger partial charge in [-0.15, -0.1) is 0 Å². The number of hydrogen-bond acceptors (Lipinski definition) is 4. The molecule has 1 heterocycles. The summed E-state index contributed by atoms with van der Waals surface area (Å²) in [5.41, 5.74) is -0.202. The Bertz CT molecular complexity index is 768. The van der Waals surface area contributed by atoms with E-state index >= 15 is 0 Å². The lowest BCUT2D eigenvalue weighted by Crippen LogP contribution is -2.31. The van der Waals surface area contributed by atoms with Crippen LogP contribution in [-0.4, -0.2) is 24.0 Å². The Morgan fingerprint density at radius 2 is 1.92 bits per heavy atom. The lowest BCUT2D eigenvalue weighted by atomic mass is 10.0. The molecule has 0 saturated heterocycles. The molecule has 0 aliphatic carbocycles. The first kappa shape index (κ1) is 17.5. The van der Waals surface area contributed by atoms with Crippen LogP contribution in [0.25, 0.3) is 0 Å². The predicted octanol–water partition coefficient (Wildman–Crippen LogP) is 2.53. The highest BCUT2D eigenvalue weighted by Gasteiger charge is 2.23. The molecule has 24 heavy (non-hydrogen) atoms. The molecule has 1 amide bonds. The van der Waals surface area contributed by atoms with Gasteiger partial charge in [-0.05, 0) is 12.1 Å². The number of esters is 1. The van der Waals surface area contributed by atoms with Crippen LogP contribution >= 0.6 is 0 Å². The molecule has 0 saturated carbocycles. The third-order valence-corrected chi connectivity index (χ3v) is 3.21. The summed E-state index contributed by atoms with van der Waals surface area (Å²) in [4.78, 5) is 27.2. The molecule has 0 fully saturated rings. The Hall–Kier alpha value is -2.90. The first-order valence-corrected chi connectivity index (χ1v) is 6.84. The summed E-state index contributed by atoms with van der Waals surface area (Å²) in [6, 6.07) is 2.57. The van der Waals surface area contributed by atoms with Gasteiger partial charge in [0.05, 0.1) is 31.3 Å². The van der Waals surface area contributed by atoms with Crippen LogP contribution in [0, 0.1) is 17.5 Å². The van der Waals surface area contributed by atoms with Crippen molar-refractivity contribution in [2.24, 2.45) is 0 Å². The summed E-state index contributed by atoms with van der Waals surface area (Å²) in [6.45, 7) is 0. The quantitative estimate of drug-likeness (QED) is 0.851. The van der Waals surface area contributed by atoms with E-state index < -0.39 is 35.4 Å². The topological polar surface area (TPSA) is 68.3 Å². The fourth-order valence-electron chi connectivity index (χ4n) is 2.05. The normalized spacial score (nSPS) is 11.7. The van der Waals surface area contributed by atoms with Gasteiger partial charge in [0, 0.05) is 17.8 Å². The summed E-state index contributed by atoms with van der Waals surface area (Å²) in [7, 11) is 1.14. The number of rotatable bonds is 5. The third kappa shape index (κ3) is 4.31. The van der Waals surface area contributed by atoms with Crippen LogP contribution in [0.4, 0.5) is 13.2 Å². The molecule has 1 atom stereocenters. The molecule has 1 aromatic carbocycles. The maximum Gasteiger partial charge on any atom is 0.307 e. The highest BCUT2D eigenvalue weighted by molar-refractivity contribution is 5.94. The molecule has 0 aliphatic heterocycles. The molecule has 126 valence electrons. The number of ether oxygens (including phenoxy) is 1. The minimum Gasteiger partial charge on any atom is -0.469 e. The molecule has 0 spiro atoms. The molecule has 1 N–H and O–H groups in total. The minimum atomic E-state index is -1.12. The van der Waals surface area contributed by atoms with Gasteiger partial charge >= 0.3 is 5.97 Å². The second-order valence-corrected chi connectivity index (χ2v) is 4.86. The zero-order chi connectivity index (χ0) is 17.7. The van der Waals surface area contributed by atoms with Crippen molar-refractivity contribution in [1.82, 2.24) is 10.3 Å². The van der Waals surface area contributed by atoms with E-state index in [1.54, 1.807) is 0 Å². The fraction of sp³-hybridized carbons (Fsp3) is 0.188. The van der Waals surface area contributed by atoms with Crippen molar-refractivity contribution in [2.75, 3.05) is 7.11 Å². The van der Waals surface area contributed by atoms with Gasteiger partial charge in [-0.2, -0.15) is 0 Å². The van der Waals surface area contributed by atoms with Gasteiger partial charge in [-0.25, -0.2) is 13.2 Å². The summed E-state index contributed by atoms with van der Waals surface area (Å²) in [5.74, 6) is -3.92. The molecular weight excluding hydrogens is 325 g/mol. The van der Waals surface area contributed by atoms with Gasteiger partial charge in [-0.1, -0.05) is 6.07 Å². The zero-order valence-electron chi connectivity index (χ0n) is 12.6. The van der Waals surface area contributed by atoms with Crippen molar-refractivity contribution < 1.29 is 27.5 Å². The van der Waals surface area contributed by atoms with Crippen molar-refractivity contribution in [3.05, 3.63) is 65.2 Å². The number of methoxy groups -OCH3 is 1. The van der Waals surface area contributed by atoms with Crippen LogP contribution in [0.3, 0.4) is 0 Å². The molecule has 1 unspecified atom stereocenters. The van der Waals surface area contributed by atoms with Crippen LogP contribution in [0.2, 0.25) is 0 Å². The van der Waals surface area contributed by atoms with E-state index in [4.69, 9.17) is 0 Å². The van der Waals surface area contributed by atoms with E-state index in [9.17, 15) is 22.8 Å². The summed E-state index contributed by atoms with van der Waals surface area (Å²) < 4.78 is 44.7. The molecule has 8 heteroatoms. The van der Waals surface area contributed by atoms with Crippen molar-refractivity contribution in [3.63, 3.8) is 0 Å². The first-order chi connectivity index (χ1) is 11.4. The van der Waals surface area contributed by atoms with Gasteiger partial charge in [0.1, 0.15) is 17.5 Å². The lowest BCUT2D eigenvalue weighted by molar-refractivity contribution is -0.141. The molecule has 2 rings (SSSR count). The minimum absolute atomic E-state index is 0.0977. The molecule has 0 radical (unpaired) electrons. The second-order valence-electron chi connectivity index (χ2n) is 4.86. The average Bonchev–Trinajstić information content (AvgIpc) is 2.54. The van der Waals surface area contributed by atoms with E-state index in [0.29, 0.717) is 6.07 Å². The Morgan fingerprint density at radius 1 is 1.17 bits per heavy atom. The van der Waals surface area contributed by atoms with Crippen molar-refractivity contribution in [1.29, 1.82) is 0 Å². The van der Waals surface area contributed by atoms with E-state index in [0.717, 1.165) is 37.7 Å². The largest absolute Gasteiger partial charge is 0.469 e. The van der Waals surface area contributed by atoms with Crippen LogP contribution in [-0.2, 0) is 9.53 Å². The van der Waals surface area contributed by atoms with Gasteiger partial charge in [0.25, 0.3) is 5.91 Å². The van der Waals surface area contributed by atoms with Crippen LogP contribution in [0.15, 0.2) is 36.7 Å². The van der Waals surface area contributed by atoms with Gasteiger partial charge < -0.3 is 10.1 Å². The standard InChI is InChI=1S/C16H13F3N2O3/c1-24-15(22)6-14(12-3-2-10(17)5-13(12)19)21-16(23)9-4-11(18)8-20-7-9/h2-5,7-8,14H,6H2,1H3,(H,21,23). The number of hydrogen-bond donors (Lipinski definition) is 1. The van der Waals surface area contributed by atoms with E-state index in [2.05, 4.69) is 15.0 Å². The van der Waals surface area contributed by atoms with Crippen LogP contribution in [0.5, 0.6) is 0 Å². The molecule has 2 aromatic rings. The van der Waals surface area contributed by atoms with Crippen molar-refractivity contribution in [2.45, 2.75) is 12.5 Å². The van der Waals surface area contributed by atoms with Gasteiger partial charge in [0.15, 0.2) is 0 Å². The first-order valence-electron chi connectivity index (χ1n) is 6.84. The Kier molecular flexibility index (Phi) is 5.51. The molecule has 0 aliphatic rings. The Morgan fingerprint density at radius 3 is 2.54 bits per heavy atom. The van der Waals surface area contributed by atoms with Gasteiger partial charge in [0.2, 0.25) is 0 Å². The highest BCUT2D eigenvalue weighted by Crippen LogP contribution is 2.22. The third-order valence-electron chi connectivity index (χ3n) is 3.21. The maximum atomic E-state index is 14.0. The SMILES string of the molecule is COC(=O)CC(NC(=O)c1cncc(F)c1)c1ccc(F)cc1F. The molecule has 1 aromatic heterocycles. The molecule has 0 bridgehead atoms. The van der Waals surface area contributed by atoms with Crippen molar-refractivity contribution in [3.8, 4) is 0 Å². The smallest absolute Gasteiger partial charge is 0.307 e. The van der Waals surface area contributed by atoms with E-state index in [1.807, 2.05) is 0 Å². The number of benzene rings is 1. The number of nitrogens with zero attached hydrogens (tertiary/aromatic N) is 1. The van der Waals surface area contributed by atoms with E-state index in [-0.39, 0.29) is 17.5 Å². The fourth-order valence-corrected chi connectivity index (χ4v) is 2.05. The average molecular weight is 338 g/mol. The van der Waals surface area contributed by atoms with E-state index in [1.165, 1.54) is 0 Å². The number of aromatic nitrogens is 1.